The van der Waals surface area contributed by atoms with E-state index in [0.29, 0.717) is 44.2 Å². The van der Waals surface area contributed by atoms with Crippen molar-refractivity contribution in [2.45, 2.75) is 45.6 Å². The number of alkyl halides is 3. The molecule has 1 aliphatic rings. The Bertz CT molecular complexity index is 1160. The number of hydrogen-bond donors (Lipinski definition) is 1. The maximum absolute atomic E-state index is 12.9. The minimum absolute atomic E-state index is 0.0332. The van der Waals surface area contributed by atoms with Crippen LogP contribution in [0.4, 0.5) is 19.0 Å². The van der Waals surface area contributed by atoms with Crippen LogP contribution < -0.4 is 4.90 Å². The van der Waals surface area contributed by atoms with E-state index in [4.69, 9.17) is 0 Å². The van der Waals surface area contributed by atoms with Gasteiger partial charge in [-0.3, -0.25) is 14.7 Å². The van der Waals surface area contributed by atoms with Crippen LogP contribution in [0.2, 0.25) is 0 Å². The van der Waals surface area contributed by atoms with Gasteiger partial charge in [0.25, 0.3) is 0 Å². The van der Waals surface area contributed by atoms with Gasteiger partial charge in [-0.25, -0.2) is 9.97 Å². The summed E-state index contributed by atoms with van der Waals surface area (Å²) in [4.78, 5) is 28.2. The number of halogens is 3. The van der Waals surface area contributed by atoms with Gasteiger partial charge >= 0.3 is 6.18 Å². The zero-order chi connectivity index (χ0) is 25.2. The number of carbonyl (C=O) groups excluding carboxylic acids is 1. The fourth-order valence-electron chi connectivity index (χ4n) is 4.58. The van der Waals surface area contributed by atoms with Crippen molar-refractivity contribution in [3.63, 3.8) is 0 Å². The average Bonchev–Trinajstić information content (AvgIpc) is 3.21. The first-order chi connectivity index (χ1) is 16.7. The zero-order valence-corrected chi connectivity index (χ0v) is 19.7. The summed E-state index contributed by atoms with van der Waals surface area (Å²) in [6.07, 6.45) is 0.0503. The summed E-state index contributed by atoms with van der Waals surface area (Å²) in [6.45, 7) is 6.54. The maximum Gasteiger partial charge on any atom is 0.417 e. The van der Waals surface area contributed by atoms with Crippen molar-refractivity contribution < 1.29 is 23.1 Å². The molecule has 0 bridgehead atoms. The molecule has 188 valence electrons. The van der Waals surface area contributed by atoms with E-state index in [9.17, 15) is 23.1 Å². The highest BCUT2D eigenvalue weighted by Gasteiger charge is 2.31. The van der Waals surface area contributed by atoms with Crippen LogP contribution in [0, 0.1) is 5.92 Å². The van der Waals surface area contributed by atoms with E-state index in [1.165, 1.54) is 12.4 Å². The van der Waals surface area contributed by atoms with E-state index < -0.39 is 17.8 Å². The SMILES string of the molecule is CCN(Cc1ccc(C(F)(F)F)cn1)c1ncnc2c1ccn2CC1CCN(CC(C)=O)CC1O. The first-order valence-electron chi connectivity index (χ1n) is 11.6. The third kappa shape index (κ3) is 5.79. The lowest BCUT2D eigenvalue weighted by molar-refractivity contribution is -0.137. The highest BCUT2D eigenvalue weighted by Crippen LogP contribution is 2.30. The molecule has 3 aromatic heterocycles. The molecule has 8 nitrogen and oxygen atoms in total. The number of ketones is 1. The quantitative estimate of drug-likeness (QED) is 0.519. The number of rotatable bonds is 8. The Hall–Kier alpha value is -3.05. The lowest BCUT2D eigenvalue weighted by Crippen LogP contribution is -2.46. The number of Topliss-reactive ketones (excluding diaryl/α,β-unsaturated/α-hetero) is 1. The molecule has 0 amide bonds. The van der Waals surface area contributed by atoms with Gasteiger partial charge in [-0.05, 0) is 45.0 Å². The third-order valence-electron chi connectivity index (χ3n) is 6.40. The van der Waals surface area contributed by atoms with Crippen LogP contribution in [0.15, 0.2) is 36.9 Å². The second kappa shape index (κ2) is 10.3. The topological polar surface area (TPSA) is 87.4 Å². The first kappa shape index (κ1) is 25.1. The number of carbonyl (C=O) groups is 1. The first-order valence-corrected chi connectivity index (χ1v) is 11.6. The number of β-amino-alcohol motifs (C(OH)–C–C–N with tert-alkyl or cyclic N) is 1. The fourth-order valence-corrected chi connectivity index (χ4v) is 4.58. The molecule has 0 radical (unpaired) electrons. The molecule has 3 aromatic rings. The van der Waals surface area contributed by atoms with Gasteiger partial charge in [0, 0.05) is 37.9 Å². The Morgan fingerprint density at radius 3 is 2.66 bits per heavy atom. The smallest absolute Gasteiger partial charge is 0.391 e. The second-order valence-electron chi connectivity index (χ2n) is 9.01. The van der Waals surface area contributed by atoms with Crippen molar-refractivity contribution in [1.29, 1.82) is 0 Å². The number of piperidine rings is 1. The van der Waals surface area contributed by atoms with Crippen molar-refractivity contribution >= 4 is 22.6 Å². The largest absolute Gasteiger partial charge is 0.417 e. The van der Waals surface area contributed by atoms with Crippen molar-refractivity contribution in [3.05, 3.63) is 48.2 Å². The molecule has 0 saturated carbocycles. The lowest BCUT2D eigenvalue weighted by atomic mass is 9.93. The number of aromatic nitrogens is 4. The number of hydrogen-bond acceptors (Lipinski definition) is 7. The van der Waals surface area contributed by atoms with E-state index in [1.54, 1.807) is 6.92 Å². The summed E-state index contributed by atoms with van der Waals surface area (Å²) in [7, 11) is 0. The average molecular weight is 491 g/mol. The summed E-state index contributed by atoms with van der Waals surface area (Å²) in [5.41, 5.74) is 0.457. The number of fused-ring (bicyclic) bond motifs is 1. The van der Waals surface area contributed by atoms with Crippen LogP contribution in [-0.4, -0.2) is 67.6 Å². The van der Waals surface area contributed by atoms with Gasteiger partial charge in [0.15, 0.2) is 0 Å². The molecule has 11 heteroatoms. The molecule has 35 heavy (non-hydrogen) atoms. The molecule has 1 fully saturated rings. The summed E-state index contributed by atoms with van der Waals surface area (Å²) in [5.74, 6) is 0.795. The molecule has 2 unspecified atom stereocenters. The van der Waals surface area contributed by atoms with E-state index in [2.05, 4.69) is 15.0 Å². The highest BCUT2D eigenvalue weighted by atomic mass is 19.4. The Labute approximate surface area is 201 Å². The Kier molecular flexibility index (Phi) is 7.36. The van der Waals surface area contributed by atoms with E-state index in [1.807, 2.05) is 33.6 Å². The Balaban J connectivity index is 1.50. The van der Waals surface area contributed by atoms with Crippen LogP contribution >= 0.6 is 0 Å². The van der Waals surface area contributed by atoms with Crippen LogP contribution in [0.1, 0.15) is 31.5 Å². The minimum atomic E-state index is -4.42. The molecular weight excluding hydrogens is 461 g/mol. The fraction of sp³-hybridized carbons (Fsp3) is 0.500. The minimum Gasteiger partial charge on any atom is -0.391 e. The number of likely N-dealkylation sites (tertiary alicyclic amines) is 1. The van der Waals surface area contributed by atoms with Crippen LogP contribution in [0.5, 0.6) is 0 Å². The molecule has 0 aromatic carbocycles. The molecular formula is C24H29F3N6O2. The van der Waals surface area contributed by atoms with Crippen molar-refractivity contribution in [1.82, 2.24) is 24.4 Å². The van der Waals surface area contributed by atoms with Gasteiger partial charge in [0.2, 0.25) is 0 Å². The van der Waals surface area contributed by atoms with E-state index in [-0.39, 0.29) is 11.7 Å². The van der Waals surface area contributed by atoms with Gasteiger partial charge < -0.3 is 14.6 Å². The van der Waals surface area contributed by atoms with Crippen LogP contribution in [-0.2, 0) is 24.1 Å². The summed E-state index contributed by atoms with van der Waals surface area (Å²) in [5, 5.41) is 11.5. The summed E-state index contributed by atoms with van der Waals surface area (Å²) >= 11 is 0. The number of aliphatic hydroxyl groups is 1. The second-order valence-corrected chi connectivity index (χ2v) is 9.01. The number of nitrogens with zero attached hydrogens (tertiary/aromatic N) is 6. The zero-order valence-electron chi connectivity index (χ0n) is 19.7. The van der Waals surface area contributed by atoms with E-state index >= 15 is 0 Å². The maximum atomic E-state index is 12.9. The van der Waals surface area contributed by atoms with Crippen molar-refractivity contribution in [2.75, 3.05) is 31.1 Å². The summed E-state index contributed by atoms with van der Waals surface area (Å²) < 4.78 is 40.6. The van der Waals surface area contributed by atoms with Crippen LogP contribution in [0.25, 0.3) is 11.0 Å². The molecule has 1 saturated heterocycles. The highest BCUT2D eigenvalue weighted by molar-refractivity contribution is 5.87. The Morgan fingerprint density at radius 1 is 1.23 bits per heavy atom. The monoisotopic (exact) mass is 490 g/mol. The number of anilines is 1. The molecule has 1 N–H and O–H groups in total. The summed E-state index contributed by atoms with van der Waals surface area (Å²) in [6, 6.07) is 4.34. The molecule has 4 rings (SSSR count). The standard InChI is InChI=1S/C24H29F3N6O2/c1-3-32(13-19-5-4-18(10-28-19)24(25,26)27)22-20-7-9-33(23(20)30-15-29-22)12-17-6-8-31(11-16(2)34)14-21(17)35/h4-5,7,9-10,15,17,21,35H,3,6,8,11-14H2,1-2H3. The van der Waals surface area contributed by atoms with Gasteiger partial charge in [-0.15, -0.1) is 0 Å². The molecule has 1 aliphatic heterocycles. The van der Waals surface area contributed by atoms with Crippen molar-refractivity contribution in [2.24, 2.45) is 5.92 Å². The van der Waals surface area contributed by atoms with Gasteiger partial charge in [0.1, 0.15) is 23.6 Å². The number of pyridine rings is 1. The van der Waals surface area contributed by atoms with Gasteiger partial charge in [-0.1, -0.05) is 0 Å². The van der Waals surface area contributed by atoms with Crippen LogP contribution in [0.3, 0.4) is 0 Å². The third-order valence-corrected chi connectivity index (χ3v) is 6.40. The van der Waals surface area contributed by atoms with Gasteiger partial charge in [0.05, 0.1) is 35.8 Å². The predicted octanol–water partition coefficient (Wildman–Crippen LogP) is 3.14. The van der Waals surface area contributed by atoms with Crippen molar-refractivity contribution in [3.8, 4) is 0 Å². The molecule has 0 aliphatic carbocycles. The molecule has 2 atom stereocenters. The Morgan fingerprint density at radius 2 is 2.03 bits per heavy atom. The predicted molar refractivity (Wildman–Crippen MR) is 125 cm³/mol. The van der Waals surface area contributed by atoms with E-state index in [0.717, 1.165) is 36.3 Å². The normalized spacial score (nSPS) is 19.3. The molecule has 4 heterocycles. The molecule has 0 spiro atoms. The lowest BCUT2D eigenvalue weighted by Gasteiger charge is -2.35. The van der Waals surface area contributed by atoms with Gasteiger partial charge in [-0.2, -0.15) is 13.2 Å². The number of aliphatic hydroxyl groups excluding tert-OH is 1.